The molecule has 0 aliphatic carbocycles. The number of phenols is 1. The molecule has 1 amide bonds. The molecular weight excluding hydrogens is 490 g/mol. The minimum Gasteiger partial charge on any atom is -0.508 e. The predicted molar refractivity (Wildman–Crippen MR) is 142 cm³/mol. The molecule has 1 atom stereocenters. The highest BCUT2D eigenvalue weighted by molar-refractivity contribution is 5.85. The van der Waals surface area contributed by atoms with Gasteiger partial charge in [-0.2, -0.15) is 0 Å². The molecule has 1 aromatic heterocycles. The average molecular weight is 520 g/mol. The maximum atomic E-state index is 13.1. The maximum Gasteiger partial charge on any atom is 0.343 e. The van der Waals surface area contributed by atoms with Crippen molar-refractivity contribution >= 4 is 16.9 Å². The van der Waals surface area contributed by atoms with Crippen LogP contribution in [-0.4, -0.2) is 44.0 Å². The summed E-state index contributed by atoms with van der Waals surface area (Å²) >= 11 is 0. The van der Waals surface area contributed by atoms with Crippen molar-refractivity contribution in [2.24, 2.45) is 0 Å². The molecule has 0 aliphatic heterocycles. The van der Waals surface area contributed by atoms with Crippen LogP contribution in [0.25, 0.3) is 11.0 Å². The summed E-state index contributed by atoms with van der Waals surface area (Å²) in [6.07, 6.45) is 0.384. The average Bonchev–Trinajstić information content (AvgIpc) is 2.92. The van der Waals surface area contributed by atoms with Crippen LogP contribution < -0.4 is 25.2 Å². The number of hydrogen-bond donors (Lipinski definition) is 3. The number of hydrogen-bond acceptors (Lipinski definition) is 8. The number of carbonyl (C=O) groups is 1. The first-order valence-corrected chi connectivity index (χ1v) is 12.0. The molecule has 38 heavy (non-hydrogen) atoms. The van der Waals surface area contributed by atoms with Crippen molar-refractivity contribution in [3.63, 3.8) is 0 Å². The van der Waals surface area contributed by atoms with E-state index in [1.807, 2.05) is 0 Å². The van der Waals surface area contributed by atoms with E-state index in [-0.39, 0.29) is 35.0 Å². The Morgan fingerprint density at radius 1 is 0.947 bits per heavy atom. The summed E-state index contributed by atoms with van der Waals surface area (Å²) in [5.74, 6) is -0.292. The van der Waals surface area contributed by atoms with Gasteiger partial charge in [0.25, 0.3) is 0 Å². The first kappa shape index (κ1) is 26.4. The minimum absolute atomic E-state index is 0.0494. The smallest absolute Gasteiger partial charge is 0.343 e. The summed E-state index contributed by atoms with van der Waals surface area (Å²) < 4.78 is 21.9. The Labute approximate surface area is 219 Å². The topological polar surface area (TPSA) is 127 Å². The van der Waals surface area contributed by atoms with Crippen molar-refractivity contribution in [2.45, 2.75) is 18.8 Å². The van der Waals surface area contributed by atoms with Crippen molar-refractivity contribution in [3.05, 3.63) is 87.8 Å². The molecule has 0 saturated heterocycles. The lowest BCUT2D eigenvalue weighted by Gasteiger charge is -2.21. The van der Waals surface area contributed by atoms with Gasteiger partial charge in [0.05, 0.1) is 32.3 Å². The molecule has 0 fully saturated rings. The molecule has 0 unspecified atom stereocenters. The predicted octanol–water partition coefficient (Wildman–Crippen LogP) is 4.11. The van der Waals surface area contributed by atoms with Crippen LogP contribution in [0.3, 0.4) is 0 Å². The van der Waals surface area contributed by atoms with Crippen molar-refractivity contribution < 1.29 is 33.6 Å². The Hall–Kier alpha value is -4.66. The number of para-hydroxylation sites is 1. The van der Waals surface area contributed by atoms with Gasteiger partial charge in [0.2, 0.25) is 11.7 Å². The van der Waals surface area contributed by atoms with Gasteiger partial charge in [-0.1, -0.05) is 24.3 Å². The van der Waals surface area contributed by atoms with Crippen LogP contribution in [0.5, 0.6) is 28.7 Å². The van der Waals surface area contributed by atoms with Crippen LogP contribution in [0.2, 0.25) is 0 Å². The Bertz CT molecular complexity index is 1470. The third-order valence-corrected chi connectivity index (χ3v) is 6.32. The fourth-order valence-electron chi connectivity index (χ4n) is 4.41. The fourth-order valence-corrected chi connectivity index (χ4v) is 4.41. The van der Waals surface area contributed by atoms with Gasteiger partial charge < -0.3 is 34.2 Å². The molecule has 9 heteroatoms. The SMILES string of the molecule is COc1cc([C@@H](CC(=O)NCCc2ccc(O)cc2)c2c(O)c3ccccc3oc2=O)cc(OC)c1OC. The number of phenolic OH excluding ortho intramolecular Hbond substituents is 1. The van der Waals surface area contributed by atoms with Gasteiger partial charge in [0.1, 0.15) is 17.1 Å². The quantitative estimate of drug-likeness (QED) is 0.267. The van der Waals surface area contributed by atoms with Crippen LogP contribution in [0.1, 0.15) is 29.0 Å². The van der Waals surface area contributed by atoms with Crippen molar-refractivity contribution in [3.8, 4) is 28.7 Å². The van der Waals surface area contributed by atoms with E-state index in [1.54, 1.807) is 60.7 Å². The van der Waals surface area contributed by atoms with Gasteiger partial charge in [-0.3, -0.25) is 4.79 Å². The second kappa shape index (κ2) is 11.6. The van der Waals surface area contributed by atoms with Gasteiger partial charge in [0, 0.05) is 18.9 Å². The van der Waals surface area contributed by atoms with Gasteiger partial charge in [-0.15, -0.1) is 0 Å². The second-order valence-corrected chi connectivity index (χ2v) is 8.63. The highest BCUT2D eigenvalue weighted by Crippen LogP contribution is 2.43. The first-order valence-electron chi connectivity index (χ1n) is 12.0. The molecule has 4 aromatic rings. The van der Waals surface area contributed by atoms with Gasteiger partial charge >= 0.3 is 5.63 Å². The Balaban J connectivity index is 1.72. The molecule has 0 spiro atoms. The van der Waals surface area contributed by atoms with Crippen molar-refractivity contribution in [1.82, 2.24) is 5.32 Å². The van der Waals surface area contributed by atoms with Gasteiger partial charge in [-0.05, 0) is 53.9 Å². The monoisotopic (exact) mass is 519 g/mol. The molecule has 0 bridgehead atoms. The lowest BCUT2D eigenvalue weighted by atomic mass is 9.87. The van der Waals surface area contributed by atoms with E-state index in [0.29, 0.717) is 41.2 Å². The molecule has 9 nitrogen and oxygen atoms in total. The third-order valence-electron chi connectivity index (χ3n) is 6.32. The number of amides is 1. The number of fused-ring (bicyclic) bond motifs is 1. The zero-order chi connectivity index (χ0) is 27.2. The maximum absolute atomic E-state index is 13.1. The standard InChI is InChI=1S/C29H29NO8/c1-35-23-14-18(15-24(36-2)28(23)37-3)21(16-25(32)30-13-12-17-8-10-19(31)11-9-17)26-27(33)20-6-4-5-7-22(20)38-29(26)34/h4-11,14-15,21,31,33H,12-13,16H2,1-3H3,(H,30,32)/t21-/m1/s1. The highest BCUT2D eigenvalue weighted by atomic mass is 16.5. The second-order valence-electron chi connectivity index (χ2n) is 8.63. The molecule has 0 radical (unpaired) electrons. The Morgan fingerprint density at radius 2 is 1.61 bits per heavy atom. The molecular formula is C29H29NO8. The number of rotatable bonds is 10. The van der Waals surface area contributed by atoms with E-state index in [9.17, 15) is 19.8 Å². The van der Waals surface area contributed by atoms with Crippen molar-refractivity contribution in [2.75, 3.05) is 27.9 Å². The summed E-state index contributed by atoms with van der Waals surface area (Å²) in [6.45, 7) is 0.337. The van der Waals surface area contributed by atoms with Gasteiger partial charge in [-0.25, -0.2) is 4.79 Å². The van der Waals surface area contributed by atoms with Gasteiger partial charge in [0.15, 0.2) is 11.5 Å². The normalized spacial score (nSPS) is 11.7. The summed E-state index contributed by atoms with van der Waals surface area (Å²) in [6, 6.07) is 16.6. The molecule has 4 rings (SSSR count). The third kappa shape index (κ3) is 5.51. The van der Waals surface area contributed by atoms with Crippen LogP contribution in [-0.2, 0) is 11.2 Å². The zero-order valence-electron chi connectivity index (χ0n) is 21.3. The number of benzene rings is 3. The Morgan fingerprint density at radius 3 is 2.24 bits per heavy atom. The van der Waals surface area contributed by atoms with E-state index < -0.39 is 11.5 Å². The number of nitrogens with one attached hydrogen (secondary N) is 1. The molecule has 1 heterocycles. The summed E-state index contributed by atoms with van der Waals surface area (Å²) in [5, 5.41) is 23.9. The Kier molecular flexibility index (Phi) is 8.06. The largest absolute Gasteiger partial charge is 0.508 e. The van der Waals surface area contributed by atoms with Crippen molar-refractivity contribution in [1.29, 1.82) is 0 Å². The summed E-state index contributed by atoms with van der Waals surface area (Å²) in [5.41, 5.74) is 0.868. The van der Waals surface area contributed by atoms with Crippen LogP contribution in [0, 0.1) is 0 Å². The van der Waals surface area contributed by atoms with E-state index in [0.717, 1.165) is 5.56 Å². The molecule has 0 aliphatic rings. The van der Waals surface area contributed by atoms with E-state index in [1.165, 1.54) is 21.3 Å². The summed E-state index contributed by atoms with van der Waals surface area (Å²) in [7, 11) is 4.41. The van der Waals surface area contributed by atoms with E-state index >= 15 is 0 Å². The minimum atomic E-state index is -0.891. The lowest BCUT2D eigenvalue weighted by Crippen LogP contribution is -2.28. The van der Waals surface area contributed by atoms with Crippen LogP contribution >= 0.6 is 0 Å². The number of aromatic hydroxyl groups is 2. The number of methoxy groups -OCH3 is 3. The lowest BCUT2D eigenvalue weighted by molar-refractivity contribution is -0.121. The molecule has 198 valence electrons. The first-order chi connectivity index (χ1) is 18.4. The molecule has 3 aromatic carbocycles. The van der Waals surface area contributed by atoms with Crippen LogP contribution in [0.15, 0.2) is 69.9 Å². The molecule has 3 N–H and O–H groups in total. The van der Waals surface area contributed by atoms with E-state index in [4.69, 9.17) is 18.6 Å². The number of carbonyl (C=O) groups excluding carboxylic acids is 1. The fraction of sp³-hybridized carbons (Fsp3) is 0.241. The zero-order valence-corrected chi connectivity index (χ0v) is 21.3. The summed E-state index contributed by atoms with van der Waals surface area (Å²) in [4.78, 5) is 26.3. The number of ether oxygens (including phenoxy) is 3. The highest BCUT2D eigenvalue weighted by Gasteiger charge is 2.29. The van der Waals surface area contributed by atoms with Crippen LogP contribution in [0.4, 0.5) is 0 Å². The van der Waals surface area contributed by atoms with E-state index in [2.05, 4.69) is 5.32 Å². The molecule has 0 saturated carbocycles.